The zero-order chi connectivity index (χ0) is 13.2. The molecule has 1 aromatic carbocycles. The SMILES string of the molecule is N#Cc1ccc(NCC2CCS(=O)(=O)C2)cc1Cl. The predicted octanol–water partition coefficient (Wildman–Crippen LogP) is 2.06. The Morgan fingerprint density at radius 3 is 2.83 bits per heavy atom. The van der Waals surface area contributed by atoms with E-state index in [2.05, 4.69) is 5.32 Å². The van der Waals surface area contributed by atoms with Gasteiger partial charge in [-0.2, -0.15) is 5.26 Å². The van der Waals surface area contributed by atoms with Crippen LogP contribution in [0.2, 0.25) is 5.02 Å². The molecule has 1 aliphatic rings. The number of sulfone groups is 1. The number of benzene rings is 1. The maximum absolute atomic E-state index is 11.3. The average Bonchev–Trinajstić information content (AvgIpc) is 2.66. The standard InChI is InChI=1S/C12H13ClN2O2S/c13-12-5-11(2-1-10(12)6-14)15-7-9-3-4-18(16,17)8-9/h1-2,5,9,15H,3-4,7-8H2. The van der Waals surface area contributed by atoms with Crippen LogP contribution >= 0.6 is 11.6 Å². The molecule has 1 fully saturated rings. The number of hydrogen-bond acceptors (Lipinski definition) is 4. The molecule has 1 atom stereocenters. The van der Waals surface area contributed by atoms with Crippen molar-refractivity contribution in [3.63, 3.8) is 0 Å². The highest BCUT2D eigenvalue weighted by Gasteiger charge is 2.27. The molecule has 96 valence electrons. The molecular formula is C12H13ClN2O2S. The maximum atomic E-state index is 11.3. The Morgan fingerprint density at radius 2 is 2.28 bits per heavy atom. The Bertz CT molecular complexity index is 593. The Kier molecular flexibility index (Phi) is 3.79. The Labute approximate surface area is 111 Å². The fourth-order valence-electron chi connectivity index (χ4n) is 2.01. The second-order valence-electron chi connectivity index (χ2n) is 4.46. The van der Waals surface area contributed by atoms with Crippen LogP contribution < -0.4 is 5.32 Å². The summed E-state index contributed by atoms with van der Waals surface area (Å²) in [6, 6.07) is 7.10. The van der Waals surface area contributed by atoms with E-state index >= 15 is 0 Å². The highest BCUT2D eigenvalue weighted by Crippen LogP contribution is 2.22. The fourth-order valence-corrected chi connectivity index (χ4v) is 4.10. The van der Waals surface area contributed by atoms with Crippen LogP contribution in [0.15, 0.2) is 18.2 Å². The first kappa shape index (κ1) is 13.2. The summed E-state index contributed by atoms with van der Waals surface area (Å²) in [7, 11) is -2.83. The van der Waals surface area contributed by atoms with Gasteiger partial charge in [-0.05, 0) is 30.5 Å². The van der Waals surface area contributed by atoms with E-state index in [1.165, 1.54) is 0 Å². The summed E-state index contributed by atoms with van der Waals surface area (Å²) >= 11 is 5.91. The lowest BCUT2D eigenvalue weighted by Crippen LogP contribution is -2.15. The summed E-state index contributed by atoms with van der Waals surface area (Å²) in [5.74, 6) is 0.696. The van der Waals surface area contributed by atoms with Gasteiger partial charge in [-0.15, -0.1) is 0 Å². The van der Waals surface area contributed by atoms with Crippen LogP contribution in [0.4, 0.5) is 5.69 Å². The lowest BCUT2D eigenvalue weighted by Gasteiger charge is -2.11. The molecule has 1 saturated heterocycles. The first-order valence-corrected chi connectivity index (χ1v) is 7.84. The van der Waals surface area contributed by atoms with Gasteiger partial charge in [0.2, 0.25) is 0 Å². The largest absolute Gasteiger partial charge is 0.385 e. The fraction of sp³-hybridized carbons (Fsp3) is 0.417. The second-order valence-corrected chi connectivity index (χ2v) is 7.09. The van der Waals surface area contributed by atoms with Gasteiger partial charge >= 0.3 is 0 Å². The lowest BCUT2D eigenvalue weighted by molar-refractivity contribution is 0.596. The molecule has 2 rings (SSSR count). The zero-order valence-electron chi connectivity index (χ0n) is 9.69. The van der Waals surface area contributed by atoms with Gasteiger partial charge in [0.25, 0.3) is 0 Å². The van der Waals surface area contributed by atoms with E-state index in [1.807, 2.05) is 6.07 Å². The minimum atomic E-state index is -2.83. The molecule has 1 heterocycles. The van der Waals surface area contributed by atoms with E-state index in [0.717, 1.165) is 5.69 Å². The van der Waals surface area contributed by atoms with E-state index in [0.29, 0.717) is 23.6 Å². The van der Waals surface area contributed by atoms with Crippen molar-refractivity contribution in [3.8, 4) is 6.07 Å². The van der Waals surface area contributed by atoms with Gasteiger partial charge in [0.15, 0.2) is 9.84 Å². The van der Waals surface area contributed by atoms with Gasteiger partial charge in [0.05, 0.1) is 22.1 Å². The quantitative estimate of drug-likeness (QED) is 0.922. The first-order chi connectivity index (χ1) is 8.50. The van der Waals surface area contributed by atoms with E-state index in [1.54, 1.807) is 18.2 Å². The molecule has 1 unspecified atom stereocenters. The van der Waals surface area contributed by atoms with Gasteiger partial charge in [0, 0.05) is 12.2 Å². The summed E-state index contributed by atoms with van der Waals surface area (Å²) in [5.41, 5.74) is 1.24. The van der Waals surface area contributed by atoms with E-state index in [4.69, 9.17) is 16.9 Å². The van der Waals surface area contributed by atoms with Crippen LogP contribution in [0.25, 0.3) is 0 Å². The molecule has 0 aliphatic carbocycles. The number of anilines is 1. The minimum absolute atomic E-state index is 0.157. The molecule has 1 aromatic rings. The highest BCUT2D eigenvalue weighted by molar-refractivity contribution is 7.91. The monoisotopic (exact) mass is 284 g/mol. The van der Waals surface area contributed by atoms with Gasteiger partial charge in [-0.3, -0.25) is 0 Å². The molecule has 1 aliphatic heterocycles. The van der Waals surface area contributed by atoms with E-state index in [9.17, 15) is 8.42 Å². The summed E-state index contributed by atoms with van der Waals surface area (Å²) in [5, 5.41) is 12.3. The molecule has 0 spiro atoms. The van der Waals surface area contributed by atoms with E-state index < -0.39 is 9.84 Å². The van der Waals surface area contributed by atoms with Crippen molar-refractivity contribution < 1.29 is 8.42 Å². The van der Waals surface area contributed by atoms with Crippen LogP contribution in [0.3, 0.4) is 0 Å². The number of nitriles is 1. The number of nitrogens with zero attached hydrogens (tertiary/aromatic N) is 1. The molecular weight excluding hydrogens is 272 g/mol. The van der Waals surface area contributed by atoms with Gasteiger partial charge < -0.3 is 5.32 Å². The smallest absolute Gasteiger partial charge is 0.150 e. The topological polar surface area (TPSA) is 70.0 Å². The maximum Gasteiger partial charge on any atom is 0.150 e. The minimum Gasteiger partial charge on any atom is -0.385 e. The van der Waals surface area contributed by atoms with Crippen molar-refractivity contribution in [2.45, 2.75) is 6.42 Å². The van der Waals surface area contributed by atoms with Crippen molar-refractivity contribution in [3.05, 3.63) is 28.8 Å². The summed E-state index contributed by atoms with van der Waals surface area (Å²) < 4.78 is 22.6. The molecule has 1 N–H and O–H groups in total. The number of hydrogen-bond donors (Lipinski definition) is 1. The molecule has 0 radical (unpaired) electrons. The Morgan fingerprint density at radius 1 is 1.50 bits per heavy atom. The third kappa shape index (κ3) is 3.15. The second kappa shape index (κ2) is 5.17. The van der Waals surface area contributed by atoms with Crippen LogP contribution in [0.5, 0.6) is 0 Å². The van der Waals surface area contributed by atoms with Crippen molar-refractivity contribution in [1.29, 1.82) is 5.26 Å². The van der Waals surface area contributed by atoms with Crippen LogP contribution in [-0.2, 0) is 9.84 Å². The Hall–Kier alpha value is -1.25. The van der Waals surface area contributed by atoms with Gasteiger partial charge in [0.1, 0.15) is 6.07 Å². The predicted molar refractivity (Wildman–Crippen MR) is 71.4 cm³/mol. The average molecular weight is 285 g/mol. The van der Waals surface area contributed by atoms with E-state index in [-0.39, 0.29) is 17.4 Å². The third-order valence-corrected chi connectivity index (χ3v) is 5.16. The van der Waals surface area contributed by atoms with Crippen LogP contribution in [0, 0.1) is 17.2 Å². The van der Waals surface area contributed by atoms with Crippen LogP contribution in [0.1, 0.15) is 12.0 Å². The zero-order valence-corrected chi connectivity index (χ0v) is 11.3. The van der Waals surface area contributed by atoms with Crippen LogP contribution in [-0.4, -0.2) is 26.5 Å². The molecule has 0 amide bonds. The van der Waals surface area contributed by atoms with Crippen molar-refractivity contribution in [2.75, 3.05) is 23.4 Å². The lowest BCUT2D eigenvalue weighted by atomic mass is 10.1. The Balaban J connectivity index is 1.95. The summed E-state index contributed by atoms with van der Waals surface area (Å²) in [6.45, 7) is 0.613. The molecule has 0 saturated carbocycles. The highest BCUT2D eigenvalue weighted by atomic mass is 35.5. The normalized spacial score (nSPS) is 21.4. The number of halogens is 1. The summed E-state index contributed by atoms with van der Waals surface area (Å²) in [6.07, 6.45) is 0.708. The molecule has 18 heavy (non-hydrogen) atoms. The molecule has 0 aromatic heterocycles. The van der Waals surface area contributed by atoms with Crippen molar-refractivity contribution in [2.24, 2.45) is 5.92 Å². The van der Waals surface area contributed by atoms with Gasteiger partial charge in [-0.25, -0.2) is 8.42 Å². The molecule has 4 nitrogen and oxygen atoms in total. The number of nitrogens with one attached hydrogen (secondary N) is 1. The van der Waals surface area contributed by atoms with Crippen molar-refractivity contribution in [1.82, 2.24) is 0 Å². The first-order valence-electron chi connectivity index (χ1n) is 5.64. The molecule has 0 bridgehead atoms. The molecule has 6 heteroatoms. The summed E-state index contributed by atoms with van der Waals surface area (Å²) in [4.78, 5) is 0. The number of rotatable bonds is 3. The third-order valence-electron chi connectivity index (χ3n) is 3.01. The van der Waals surface area contributed by atoms with Gasteiger partial charge in [-0.1, -0.05) is 11.6 Å². The van der Waals surface area contributed by atoms with Crippen molar-refractivity contribution >= 4 is 27.1 Å².